The van der Waals surface area contributed by atoms with Gasteiger partial charge in [0.15, 0.2) is 0 Å². The van der Waals surface area contributed by atoms with Crippen molar-refractivity contribution in [3.8, 4) is 0 Å². The van der Waals surface area contributed by atoms with Crippen LogP contribution in [0.3, 0.4) is 0 Å². The summed E-state index contributed by atoms with van der Waals surface area (Å²) in [6, 6.07) is 0. The highest BCUT2D eigenvalue weighted by Crippen LogP contribution is 2.12. The third-order valence-electron chi connectivity index (χ3n) is 1.71. The zero-order valence-electron chi connectivity index (χ0n) is 9.54. The number of methoxy groups -OCH3 is 1. The minimum atomic E-state index is -0.447. The van der Waals surface area contributed by atoms with E-state index < -0.39 is 5.97 Å². The molecule has 94 valence electrons. The van der Waals surface area contributed by atoms with Gasteiger partial charge in [-0.15, -0.1) is 5.10 Å². The molecule has 17 heavy (non-hydrogen) atoms. The number of tetrazole rings is 1. The van der Waals surface area contributed by atoms with Crippen molar-refractivity contribution in [2.45, 2.75) is 18.6 Å². The maximum Gasteiger partial charge on any atom is 0.327 e. The normalized spacial score (nSPS) is 10.0. The fourth-order valence-electron chi connectivity index (χ4n) is 0.964. The lowest BCUT2D eigenvalue weighted by molar-refractivity contribution is -0.141. The maximum absolute atomic E-state index is 11.2. The Kier molecular flexibility index (Phi) is 5.40. The summed E-state index contributed by atoms with van der Waals surface area (Å²) >= 11 is 1.16. The van der Waals surface area contributed by atoms with Gasteiger partial charge < -0.3 is 10.1 Å². The summed E-state index contributed by atoms with van der Waals surface area (Å²) in [4.78, 5) is 22.3. The van der Waals surface area contributed by atoms with Gasteiger partial charge in [0.1, 0.15) is 6.54 Å². The molecule has 0 spiro atoms. The fraction of sp³-hybridized carbons (Fsp3) is 0.625. The van der Waals surface area contributed by atoms with Crippen LogP contribution in [0.1, 0.15) is 6.92 Å². The number of hydrogen-bond acceptors (Lipinski definition) is 7. The molecule has 1 N–H and O–H groups in total. The smallest absolute Gasteiger partial charge is 0.327 e. The van der Waals surface area contributed by atoms with Gasteiger partial charge in [-0.05, 0) is 17.4 Å². The molecule has 1 heterocycles. The van der Waals surface area contributed by atoms with Crippen molar-refractivity contribution < 1.29 is 14.3 Å². The molecule has 0 aliphatic carbocycles. The molecule has 1 amide bonds. The number of carbonyl (C=O) groups excluding carboxylic acids is 2. The van der Waals surface area contributed by atoms with Crippen molar-refractivity contribution in [3.63, 3.8) is 0 Å². The van der Waals surface area contributed by atoms with Crippen molar-refractivity contribution in [1.29, 1.82) is 0 Å². The molecule has 0 saturated heterocycles. The molecule has 8 nitrogen and oxygen atoms in total. The molecule has 0 radical (unpaired) electrons. The first-order valence-corrected chi connectivity index (χ1v) is 5.88. The molecule has 1 aromatic rings. The van der Waals surface area contributed by atoms with E-state index >= 15 is 0 Å². The van der Waals surface area contributed by atoms with Crippen LogP contribution in [0.25, 0.3) is 0 Å². The number of rotatable bonds is 6. The highest BCUT2D eigenvalue weighted by molar-refractivity contribution is 7.99. The lowest BCUT2D eigenvalue weighted by Gasteiger charge is -2.03. The van der Waals surface area contributed by atoms with Crippen LogP contribution in [0.15, 0.2) is 5.16 Å². The molecule has 0 unspecified atom stereocenters. The van der Waals surface area contributed by atoms with Gasteiger partial charge >= 0.3 is 5.97 Å². The van der Waals surface area contributed by atoms with Crippen molar-refractivity contribution >= 4 is 23.6 Å². The number of nitrogens with one attached hydrogen (secondary N) is 1. The maximum atomic E-state index is 11.2. The Morgan fingerprint density at radius 3 is 2.94 bits per heavy atom. The number of carbonyl (C=O) groups is 2. The summed E-state index contributed by atoms with van der Waals surface area (Å²) in [5, 5.41) is 13.8. The number of amides is 1. The largest absolute Gasteiger partial charge is 0.468 e. The van der Waals surface area contributed by atoms with Crippen molar-refractivity contribution in [3.05, 3.63) is 0 Å². The highest BCUT2D eigenvalue weighted by atomic mass is 32.2. The second-order valence-corrected chi connectivity index (χ2v) is 3.88. The van der Waals surface area contributed by atoms with Crippen LogP contribution in [0.5, 0.6) is 0 Å². The number of thioether (sulfide) groups is 1. The molecule has 0 aliphatic rings. The first-order valence-electron chi connectivity index (χ1n) is 4.89. The Balaban J connectivity index is 2.51. The van der Waals surface area contributed by atoms with Gasteiger partial charge in [-0.2, -0.15) is 0 Å². The second-order valence-electron chi connectivity index (χ2n) is 2.94. The predicted molar refractivity (Wildman–Crippen MR) is 59.2 cm³/mol. The molecule has 9 heteroatoms. The minimum Gasteiger partial charge on any atom is -0.468 e. The molecule has 1 rings (SSSR count). The zero-order valence-corrected chi connectivity index (χ0v) is 10.4. The van der Waals surface area contributed by atoms with E-state index in [0.717, 1.165) is 11.8 Å². The summed E-state index contributed by atoms with van der Waals surface area (Å²) in [7, 11) is 1.29. The second kappa shape index (κ2) is 6.84. The predicted octanol–water partition coefficient (Wildman–Crippen LogP) is -0.926. The van der Waals surface area contributed by atoms with Crippen LogP contribution in [0.2, 0.25) is 0 Å². The van der Waals surface area contributed by atoms with Crippen LogP contribution in [-0.4, -0.2) is 51.5 Å². The standard InChI is InChI=1S/C8H13N5O3S/c1-3-9-6(14)5-17-8-10-11-12-13(8)4-7(15)16-2/h3-5H2,1-2H3,(H,9,14). The van der Waals surface area contributed by atoms with Gasteiger partial charge in [-0.25, -0.2) is 4.68 Å². The number of esters is 1. The number of ether oxygens (including phenoxy) is 1. The van der Waals surface area contributed by atoms with Crippen LogP contribution < -0.4 is 5.32 Å². The van der Waals surface area contributed by atoms with Gasteiger partial charge in [0.05, 0.1) is 12.9 Å². The van der Waals surface area contributed by atoms with E-state index in [1.54, 1.807) is 0 Å². The number of hydrogen-bond donors (Lipinski definition) is 1. The highest BCUT2D eigenvalue weighted by Gasteiger charge is 2.12. The van der Waals surface area contributed by atoms with Gasteiger partial charge in [0.25, 0.3) is 0 Å². The van der Waals surface area contributed by atoms with Crippen LogP contribution in [-0.2, 0) is 20.9 Å². The van der Waals surface area contributed by atoms with Gasteiger partial charge in [-0.1, -0.05) is 11.8 Å². The Morgan fingerprint density at radius 1 is 1.53 bits per heavy atom. The Labute approximate surface area is 102 Å². The van der Waals surface area contributed by atoms with Crippen molar-refractivity contribution in [2.24, 2.45) is 0 Å². The molecule has 1 aromatic heterocycles. The molecule has 0 aromatic carbocycles. The van der Waals surface area contributed by atoms with E-state index in [9.17, 15) is 9.59 Å². The molecule has 0 fully saturated rings. The van der Waals surface area contributed by atoms with E-state index in [4.69, 9.17) is 0 Å². The van der Waals surface area contributed by atoms with E-state index in [1.807, 2.05) is 6.92 Å². The van der Waals surface area contributed by atoms with E-state index in [-0.39, 0.29) is 18.2 Å². The summed E-state index contributed by atoms with van der Waals surface area (Å²) in [5.74, 6) is -0.350. The Bertz CT molecular complexity index is 394. The quantitative estimate of drug-likeness (QED) is 0.520. The summed E-state index contributed by atoms with van der Waals surface area (Å²) in [5.41, 5.74) is 0. The zero-order chi connectivity index (χ0) is 12.7. The average molecular weight is 259 g/mol. The third-order valence-corrected chi connectivity index (χ3v) is 2.67. The molecule has 0 saturated carbocycles. The SMILES string of the molecule is CCNC(=O)CSc1nnnn1CC(=O)OC. The van der Waals surface area contributed by atoms with E-state index in [0.29, 0.717) is 11.7 Å². The molecule has 0 aliphatic heterocycles. The number of nitrogens with zero attached hydrogens (tertiary/aromatic N) is 4. The van der Waals surface area contributed by atoms with Crippen molar-refractivity contribution in [2.75, 3.05) is 19.4 Å². The topological polar surface area (TPSA) is 99.0 Å². The summed E-state index contributed by atoms with van der Waals surface area (Å²) in [6.45, 7) is 2.34. The van der Waals surface area contributed by atoms with Gasteiger partial charge in [0.2, 0.25) is 11.1 Å². The lowest BCUT2D eigenvalue weighted by atomic mass is 10.6. The average Bonchev–Trinajstić information content (AvgIpc) is 2.74. The third kappa shape index (κ3) is 4.39. The van der Waals surface area contributed by atoms with Crippen LogP contribution in [0.4, 0.5) is 0 Å². The number of aromatic nitrogens is 4. The van der Waals surface area contributed by atoms with Crippen LogP contribution in [0, 0.1) is 0 Å². The van der Waals surface area contributed by atoms with Crippen molar-refractivity contribution in [1.82, 2.24) is 25.5 Å². The fourth-order valence-corrected chi connectivity index (χ4v) is 1.67. The molecular formula is C8H13N5O3S. The molecular weight excluding hydrogens is 246 g/mol. The van der Waals surface area contributed by atoms with Crippen LogP contribution >= 0.6 is 11.8 Å². The summed E-state index contributed by atoms with van der Waals surface area (Å²) in [6.07, 6.45) is 0. The van der Waals surface area contributed by atoms with E-state index in [1.165, 1.54) is 11.8 Å². The minimum absolute atomic E-state index is 0.0682. The first kappa shape index (κ1) is 13.4. The van der Waals surface area contributed by atoms with Gasteiger partial charge in [0, 0.05) is 6.54 Å². The monoisotopic (exact) mass is 259 g/mol. The van der Waals surface area contributed by atoms with Gasteiger partial charge in [-0.3, -0.25) is 9.59 Å². The van der Waals surface area contributed by atoms with E-state index in [2.05, 4.69) is 25.6 Å². The summed E-state index contributed by atoms with van der Waals surface area (Å²) < 4.78 is 5.79. The Morgan fingerprint density at radius 2 is 2.29 bits per heavy atom. The molecule has 0 atom stereocenters. The first-order chi connectivity index (χ1) is 8.17. The molecule has 0 bridgehead atoms. The lowest BCUT2D eigenvalue weighted by Crippen LogP contribution is -2.24. The Hall–Kier alpha value is -1.64.